The minimum absolute atomic E-state index is 0.523. The van der Waals surface area contributed by atoms with Gasteiger partial charge in [-0.2, -0.15) is 0 Å². The first-order valence-electron chi connectivity index (χ1n) is 4.83. The van der Waals surface area contributed by atoms with Crippen molar-refractivity contribution in [1.29, 1.82) is 0 Å². The van der Waals surface area contributed by atoms with Crippen LogP contribution in [0.15, 0.2) is 23.7 Å². The summed E-state index contributed by atoms with van der Waals surface area (Å²) < 4.78 is 0. The van der Waals surface area contributed by atoms with Crippen molar-refractivity contribution in [3.63, 3.8) is 0 Å². The molecule has 0 aliphatic carbocycles. The molecule has 1 heteroatoms. The number of aliphatic imine (C=N–C) groups is 1. The Morgan fingerprint density at radius 3 is 2.43 bits per heavy atom. The maximum Gasteiger partial charge on any atom is 0.0697 e. The summed E-state index contributed by atoms with van der Waals surface area (Å²) >= 11 is 0. The topological polar surface area (TPSA) is 12.4 Å². The van der Waals surface area contributed by atoms with Gasteiger partial charge in [0, 0.05) is 0 Å². The molecule has 0 spiro atoms. The van der Waals surface area contributed by atoms with E-state index < -0.39 is 0 Å². The highest BCUT2D eigenvalue weighted by Crippen LogP contribution is 2.28. The van der Waals surface area contributed by atoms with Crippen LogP contribution in [-0.4, -0.2) is 6.72 Å². The van der Waals surface area contributed by atoms with Gasteiger partial charge in [-0.3, -0.25) is 4.99 Å². The van der Waals surface area contributed by atoms with E-state index >= 15 is 0 Å². The summed E-state index contributed by atoms with van der Waals surface area (Å²) in [6, 6.07) is 4.22. The molecule has 1 aromatic carbocycles. The Kier molecular flexibility index (Phi) is 3.23. The third-order valence-corrected chi connectivity index (χ3v) is 2.43. The molecular formula is C13H17N. The Labute approximate surface area is 86.2 Å². The van der Waals surface area contributed by atoms with Gasteiger partial charge in [-0.1, -0.05) is 26.5 Å². The lowest BCUT2D eigenvalue weighted by Gasteiger charge is -2.12. The molecule has 74 valence electrons. The summed E-state index contributed by atoms with van der Waals surface area (Å²) in [6.07, 6.45) is 1.82. The predicted molar refractivity (Wildman–Crippen MR) is 64.6 cm³/mol. The largest absolute Gasteiger partial charge is 0.264 e. The average Bonchev–Trinajstić information content (AvgIpc) is 2.16. The van der Waals surface area contributed by atoms with Crippen LogP contribution in [0.1, 0.15) is 36.5 Å². The van der Waals surface area contributed by atoms with Gasteiger partial charge in [0.15, 0.2) is 0 Å². The van der Waals surface area contributed by atoms with Gasteiger partial charge in [0.25, 0.3) is 0 Å². The highest BCUT2D eigenvalue weighted by molar-refractivity contribution is 5.67. The lowest BCUT2D eigenvalue weighted by atomic mass is 9.95. The maximum atomic E-state index is 4.00. The van der Waals surface area contributed by atoms with Gasteiger partial charge in [0.05, 0.1) is 5.69 Å². The quantitative estimate of drug-likeness (QED) is 0.632. The predicted octanol–water partition coefficient (Wildman–Crippen LogP) is 4.09. The van der Waals surface area contributed by atoms with Crippen molar-refractivity contribution in [3.8, 4) is 0 Å². The second kappa shape index (κ2) is 4.23. The van der Waals surface area contributed by atoms with Crippen molar-refractivity contribution in [2.24, 2.45) is 4.99 Å². The fourth-order valence-corrected chi connectivity index (χ4v) is 1.66. The summed E-state index contributed by atoms with van der Waals surface area (Å²) in [7, 11) is 0. The molecule has 0 amide bonds. The molecule has 0 unspecified atom stereocenters. The van der Waals surface area contributed by atoms with Gasteiger partial charge >= 0.3 is 0 Å². The van der Waals surface area contributed by atoms with Gasteiger partial charge < -0.3 is 0 Å². The Hall–Kier alpha value is -1.37. The molecule has 0 radical (unpaired) electrons. The molecule has 0 aromatic heterocycles. The SMILES string of the molecule is C=Cc1cc(C)c(C(C)C)cc1N=C. The third-order valence-electron chi connectivity index (χ3n) is 2.43. The molecule has 0 saturated carbocycles. The van der Waals surface area contributed by atoms with E-state index in [4.69, 9.17) is 0 Å². The number of nitrogens with zero attached hydrogens (tertiary/aromatic N) is 1. The molecule has 0 N–H and O–H groups in total. The molecule has 14 heavy (non-hydrogen) atoms. The van der Waals surface area contributed by atoms with Crippen molar-refractivity contribution in [2.45, 2.75) is 26.7 Å². The Bertz CT molecular complexity index is 362. The summed E-state index contributed by atoms with van der Waals surface area (Å²) in [5.41, 5.74) is 4.61. The monoisotopic (exact) mass is 187 g/mol. The third kappa shape index (κ3) is 1.92. The van der Waals surface area contributed by atoms with Crippen molar-refractivity contribution >= 4 is 18.5 Å². The van der Waals surface area contributed by atoms with Crippen molar-refractivity contribution in [1.82, 2.24) is 0 Å². The fraction of sp³-hybridized carbons (Fsp3) is 0.308. The Morgan fingerprint density at radius 2 is 2.00 bits per heavy atom. The van der Waals surface area contributed by atoms with Crippen LogP contribution in [0.3, 0.4) is 0 Å². The van der Waals surface area contributed by atoms with E-state index in [0.717, 1.165) is 11.3 Å². The first-order chi connectivity index (χ1) is 6.60. The second-order valence-electron chi connectivity index (χ2n) is 3.78. The maximum absolute atomic E-state index is 4.00. The van der Waals surface area contributed by atoms with Crippen LogP contribution in [0.25, 0.3) is 6.08 Å². The van der Waals surface area contributed by atoms with E-state index in [-0.39, 0.29) is 0 Å². The highest BCUT2D eigenvalue weighted by atomic mass is 14.7. The van der Waals surface area contributed by atoms with E-state index in [0.29, 0.717) is 5.92 Å². The van der Waals surface area contributed by atoms with Crippen LogP contribution in [0.5, 0.6) is 0 Å². The molecule has 1 nitrogen and oxygen atoms in total. The van der Waals surface area contributed by atoms with Crippen LogP contribution in [0.2, 0.25) is 0 Å². The Morgan fingerprint density at radius 1 is 1.36 bits per heavy atom. The van der Waals surface area contributed by atoms with Gasteiger partial charge in [-0.05, 0) is 48.4 Å². The molecule has 0 aliphatic rings. The molecule has 0 heterocycles. The normalized spacial score (nSPS) is 10.3. The Balaban J connectivity index is 3.37. The minimum atomic E-state index is 0.523. The van der Waals surface area contributed by atoms with Crippen LogP contribution in [-0.2, 0) is 0 Å². The first kappa shape index (κ1) is 10.7. The number of aryl methyl sites for hydroxylation is 1. The van der Waals surface area contributed by atoms with E-state index in [9.17, 15) is 0 Å². The number of rotatable bonds is 3. The van der Waals surface area contributed by atoms with Gasteiger partial charge in [0.1, 0.15) is 0 Å². The summed E-state index contributed by atoms with van der Waals surface area (Å²) in [5.74, 6) is 0.523. The zero-order valence-corrected chi connectivity index (χ0v) is 9.17. The van der Waals surface area contributed by atoms with Crippen LogP contribution < -0.4 is 0 Å². The van der Waals surface area contributed by atoms with Gasteiger partial charge in [0.2, 0.25) is 0 Å². The van der Waals surface area contributed by atoms with Crippen LogP contribution >= 0.6 is 0 Å². The van der Waals surface area contributed by atoms with Crippen molar-refractivity contribution in [3.05, 3.63) is 35.4 Å². The van der Waals surface area contributed by atoms with Gasteiger partial charge in [-0.15, -0.1) is 0 Å². The zero-order chi connectivity index (χ0) is 10.7. The number of benzene rings is 1. The molecule has 1 rings (SSSR count). The number of hydrogen-bond acceptors (Lipinski definition) is 1. The lowest BCUT2D eigenvalue weighted by Crippen LogP contribution is -1.92. The minimum Gasteiger partial charge on any atom is -0.264 e. The van der Waals surface area contributed by atoms with E-state index in [1.807, 2.05) is 6.08 Å². The molecule has 0 bridgehead atoms. The zero-order valence-electron chi connectivity index (χ0n) is 9.17. The second-order valence-corrected chi connectivity index (χ2v) is 3.78. The summed E-state index contributed by atoms with van der Waals surface area (Å²) in [6.45, 7) is 13.8. The molecule has 0 saturated heterocycles. The van der Waals surface area contributed by atoms with Crippen LogP contribution in [0, 0.1) is 6.92 Å². The van der Waals surface area contributed by atoms with Gasteiger partial charge in [-0.25, -0.2) is 0 Å². The molecule has 1 aromatic rings. The molecule has 0 aliphatic heterocycles. The van der Waals surface area contributed by atoms with Crippen LogP contribution in [0.4, 0.5) is 5.69 Å². The van der Waals surface area contributed by atoms with E-state index in [1.54, 1.807) is 0 Å². The highest BCUT2D eigenvalue weighted by Gasteiger charge is 2.07. The molecule has 0 fully saturated rings. The summed E-state index contributed by atoms with van der Waals surface area (Å²) in [4.78, 5) is 4.00. The smallest absolute Gasteiger partial charge is 0.0697 e. The molecule has 0 atom stereocenters. The average molecular weight is 187 g/mol. The standard InChI is InChI=1S/C13H17N/c1-6-11-7-10(4)12(9(2)3)8-13(11)14-5/h6-9H,1,5H2,2-4H3. The van der Waals surface area contributed by atoms with Crippen molar-refractivity contribution < 1.29 is 0 Å². The lowest BCUT2D eigenvalue weighted by molar-refractivity contribution is 0.856. The van der Waals surface area contributed by atoms with E-state index in [1.165, 1.54) is 11.1 Å². The first-order valence-corrected chi connectivity index (χ1v) is 4.83. The summed E-state index contributed by atoms with van der Waals surface area (Å²) in [5, 5.41) is 0. The number of hydrogen-bond donors (Lipinski definition) is 0. The molecular weight excluding hydrogens is 170 g/mol. The van der Waals surface area contributed by atoms with Crippen molar-refractivity contribution in [2.75, 3.05) is 0 Å². The van der Waals surface area contributed by atoms with E-state index in [2.05, 4.69) is 51.2 Å². The fourth-order valence-electron chi connectivity index (χ4n) is 1.66.